The van der Waals surface area contributed by atoms with Gasteiger partial charge in [-0.15, -0.1) is 0 Å². The van der Waals surface area contributed by atoms with Gasteiger partial charge >= 0.3 is 12.2 Å². The third-order valence-electron chi connectivity index (χ3n) is 3.03. The lowest BCUT2D eigenvalue weighted by Gasteiger charge is -2.12. The Morgan fingerprint density at radius 2 is 2.00 bits per heavy atom. The summed E-state index contributed by atoms with van der Waals surface area (Å²) in [6, 6.07) is 7.25. The smallest absolute Gasteiger partial charge is 0.416 e. The summed E-state index contributed by atoms with van der Waals surface area (Å²) in [6.45, 7) is -0.144. The summed E-state index contributed by atoms with van der Waals surface area (Å²) in [7, 11) is 0. The minimum atomic E-state index is -4.43. The van der Waals surface area contributed by atoms with Crippen LogP contribution in [-0.2, 0) is 12.7 Å². The second-order valence-electron chi connectivity index (χ2n) is 4.79. The van der Waals surface area contributed by atoms with E-state index in [1.165, 1.54) is 18.4 Å². The van der Waals surface area contributed by atoms with Crippen molar-refractivity contribution < 1.29 is 27.5 Å². The number of carbonyl (C=O) groups excluding carboxylic acids is 1. The first-order valence-electron chi connectivity index (χ1n) is 6.75. The Bertz CT molecular complexity index is 642. The Morgan fingerprint density at radius 3 is 2.65 bits per heavy atom. The average molecular weight is 328 g/mol. The van der Waals surface area contributed by atoms with Crippen LogP contribution in [0.3, 0.4) is 0 Å². The fourth-order valence-corrected chi connectivity index (χ4v) is 1.87. The number of furan rings is 1. The number of hydrogen-bond donors (Lipinski definition) is 3. The number of urea groups is 1. The van der Waals surface area contributed by atoms with Gasteiger partial charge in [0.25, 0.3) is 0 Å². The van der Waals surface area contributed by atoms with Crippen LogP contribution >= 0.6 is 0 Å². The van der Waals surface area contributed by atoms with Gasteiger partial charge in [-0.1, -0.05) is 12.1 Å². The number of alkyl halides is 3. The molecule has 23 heavy (non-hydrogen) atoms. The second-order valence-corrected chi connectivity index (χ2v) is 4.79. The Hall–Kier alpha value is -2.48. The number of nitrogens with one attached hydrogen (secondary N) is 2. The van der Waals surface area contributed by atoms with E-state index >= 15 is 0 Å². The minimum Gasteiger partial charge on any atom is -0.467 e. The van der Waals surface area contributed by atoms with Crippen LogP contribution in [0.5, 0.6) is 0 Å². The normalized spacial score (nSPS) is 12.7. The Balaban J connectivity index is 1.80. The SMILES string of the molecule is O=C(NCc1cccc(C(F)(F)F)c1)NCC(O)c1ccco1. The predicted molar refractivity (Wildman–Crippen MR) is 75.4 cm³/mol. The molecule has 0 bridgehead atoms. The standard InChI is InChI=1S/C15H15F3N2O3/c16-15(17,18)11-4-1-3-10(7-11)8-19-14(22)20-9-12(21)13-5-2-6-23-13/h1-7,12,21H,8-9H2,(H2,19,20,22). The van der Waals surface area contributed by atoms with Crippen LogP contribution in [0, 0.1) is 0 Å². The molecule has 0 radical (unpaired) electrons. The molecule has 124 valence electrons. The highest BCUT2D eigenvalue weighted by atomic mass is 19.4. The van der Waals surface area contributed by atoms with Gasteiger partial charge in [-0.25, -0.2) is 4.79 Å². The number of benzene rings is 1. The molecule has 0 aliphatic carbocycles. The average Bonchev–Trinajstić information content (AvgIpc) is 3.04. The molecule has 2 amide bonds. The molecule has 1 atom stereocenters. The van der Waals surface area contributed by atoms with Gasteiger partial charge in [0.05, 0.1) is 18.4 Å². The lowest BCUT2D eigenvalue weighted by atomic mass is 10.1. The van der Waals surface area contributed by atoms with Crippen molar-refractivity contribution >= 4 is 6.03 Å². The first-order chi connectivity index (χ1) is 10.9. The number of rotatable bonds is 5. The third-order valence-corrected chi connectivity index (χ3v) is 3.03. The molecule has 2 aromatic rings. The number of aliphatic hydroxyl groups is 1. The monoisotopic (exact) mass is 328 g/mol. The highest BCUT2D eigenvalue weighted by Gasteiger charge is 2.30. The van der Waals surface area contributed by atoms with Gasteiger partial charge in [0, 0.05) is 6.54 Å². The molecule has 1 aromatic carbocycles. The fourth-order valence-electron chi connectivity index (χ4n) is 1.87. The molecular weight excluding hydrogens is 313 g/mol. The number of aliphatic hydroxyl groups excluding tert-OH is 1. The number of hydrogen-bond acceptors (Lipinski definition) is 3. The summed E-state index contributed by atoms with van der Waals surface area (Å²) in [6.07, 6.45) is -4.03. The topological polar surface area (TPSA) is 74.5 Å². The van der Waals surface area contributed by atoms with Crippen LogP contribution < -0.4 is 10.6 Å². The van der Waals surface area contributed by atoms with Gasteiger partial charge in [0.2, 0.25) is 0 Å². The Morgan fingerprint density at radius 1 is 1.22 bits per heavy atom. The number of halogens is 3. The number of amides is 2. The summed E-state index contributed by atoms with van der Waals surface area (Å²) >= 11 is 0. The first kappa shape index (κ1) is 16.9. The fraction of sp³-hybridized carbons (Fsp3) is 0.267. The van der Waals surface area contributed by atoms with Crippen molar-refractivity contribution in [3.63, 3.8) is 0 Å². The van der Waals surface area contributed by atoms with E-state index in [2.05, 4.69) is 10.6 Å². The molecule has 0 saturated heterocycles. The van der Waals surface area contributed by atoms with Gasteiger partial charge in [-0.05, 0) is 29.8 Å². The van der Waals surface area contributed by atoms with Gasteiger partial charge in [0.15, 0.2) is 0 Å². The molecule has 0 saturated carbocycles. The molecule has 0 aliphatic heterocycles. The van der Waals surface area contributed by atoms with Crippen LogP contribution in [0.4, 0.5) is 18.0 Å². The maximum Gasteiger partial charge on any atom is 0.416 e. The molecule has 0 fully saturated rings. The maximum absolute atomic E-state index is 12.6. The maximum atomic E-state index is 12.6. The zero-order chi connectivity index (χ0) is 16.9. The molecule has 0 spiro atoms. The van der Waals surface area contributed by atoms with Crippen LogP contribution in [0.2, 0.25) is 0 Å². The van der Waals surface area contributed by atoms with Crippen LogP contribution in [0.1, 0.15) is 23.0 Å². The van der Waals surface area contributed by atoms with Gasteiger partial charge in [-0.2, -0.15) is 13.2 Å². The van der Waals surface area contributed by atoms with E-state index in [1.807, 2.05) is 0 Å². The van der Waals surface area contributed by atoms with Crippen molar-refractivity contribution in [3.8, 4) is 0 Å². The Labute approximate surface area is 130 Å². The largest absolute Gasteiger partial charge is 0.467 e. The van der Waals surface area contributed by atoms with Crippen LogP contribution in [0.15, 0.2) is 47.1 Å². The van der Waals surface area contributed by atoms with E-state index < -0.39 is 23.9 Å². The van der Waals surface area contributed by atoms with E-state index in [1.54, 1.807) is 12.1 Å². The zero-order valence-electron chi connectivity index (χ0n) is 11.9. The second kappa shape index (κ2) is 7.19. The highest BCUT2D eigenvalue weighted by Crippen LogP contribution is 2.29. The van der Waals surface area contributed by atoms with Gasteiger partial charge in [0.1, 0.15) is 11.9 Å². The van der Waals surface area contributed by atoms with E-state index in [0.29, 0.717) is 11.3 Å². The van der Waals surface area contributed by atoms with Crippen molar-refractivity contribution in [2.24, 2.45) is 0 Å². The molecule has 1 heterocycles. The first-order valence-corrected chi connectivity index (χ1v) is 6.75. The van der Waals surface area contributed by atoms with Crippen LogP contribution in [-0.4, -0.2) is 17.7 Å². The molecule has 5 nitrogen and oxygen atoms in total. The molecule has 2 rings (SSSR count). The van der Waals surface area contributed by atoms with Crippen LogP contribution in [0.25, 0.3) is 0 Å². The van der Waals surface area contributed by atoms with E-state index in [0.717, 1.165) is 12.1 Å². The highest BCUT2D eigenvalue weighted by molar-refractivity contribution is 5.73. The molecule has 1 unspecified atom stereocenters. The van der Waals surface area contributed by atoms with Crippen molar-refractivity contribution in [1.29, 1.82) is 0 Å². The van der Waals surface area contributed by atoms with Crippen molar-refractivity contribution in [2.75, 3.05) is 6.54 Å². The molecule has 1 aromatic heterocycles. The lowest BCUT2D eigenvalue weighted by molar-refractivity contribution is -0.137. The molecular formula is C15H15F3N2O3. The summed E-state index contributed by atoms with van der Waals surface area (Å²) in [5, 5.41) is 14.5. The lowest BCUT2D eigenvalue weighted by Crippen LogP contribution is -2.37. The number of carbonyl (C=O) groups is 1. The van der Waals surface area contributed by atoms with Gasteiger partial charge in [-0.3, -0.25) is 0 Å². The van der Waals surface area contributed by atoms with Gasteiger partial charge < -0.3 is 20.2 Å². The predicted octanol–water partition coefficient (Wildman–Crippen LogP) is 2.83. The summed E-state index contributed by atoms with van der Waals surface area (Å²) in [5.41, 5.74) is -0.452. The molecule has 8 heteroatoms. The minimum absolute atomic E-state index is 0.0629. The van der Waals surface area contributed by atoms with Crippen molar-refractivity contribution in [2.45, 2.75) is 18.8 Å². The van der Waals surface area contributed by atoms with Crippen molar-refractivity contribution in [1.82, 2.24) is 10.6 Å². The van der Waals surface area contributed by atoms with Crippen molar-refractivity contribution in [3.05, 3.63) is 59.5 Å². The summed E-state index contributed by atoms with van der Waals surface area (Å²) < 4.78 is 42.7. The van der Waals surface area contributed by atoms with E-state index in [4.69, 9.17) is 4.42 Å². The summed E-state index contributed by atoms with van der Waals surface area (Å²) in [5.74, 6) is 0.308. The quantitative estimate of drug-likeness (QED) is 0.790. The van der Waals surface area contributed by atoms with E-state index in [9.17, 15) is 23.1 Å². The summed E-state index contributed by atoms with van der Waals surface area (Å²) in [4.78, 5) is 11.6. The van der Waals surface area contributed by atoms with E-state index in [-0.39, 0.29) is 13.1 Å². The zero-order valence-corrected chi connectivity index (χ0v) is 11.9. The molecule has 0 aliphatic rings. The third kappa shape index (κ3) is 5.03. The Kier molecular flexibility index (Phi) is 5.28. The molecule has 3 N–H and O–H groups in total.